The SMILES string of the molecule is O=CC(O)(Cl)CO. The number of aliphatic hydroxyl groups excluding tert-OH is 1. The predicted octanol–water partition coefficient (Wildman–Crippen LogP) is -0.895. The Balaban J connectivity index is 3.58. The molecule has 0 amide bonds. The lowest BCUT2D eigenvalue weighted by atomic mass is 10.4. The van der Waals surface area contributed by atoms with Crippen molar-refractivity contribution in [2.24, 2.45) is 0 Å². The van der Waals surface area contributed by atoms with Crippen molar-refractivity contribution in [1.82, 2.24) is 0 Å². The van der Waals surface area contributed by atoms with Gasteiger partial charge in [0.15, 0.2) is 6.29 Å². The van der Waals surface area contributed by atoms with Crippen LogP contribution in [0.15, 0.2) is 0 Å². The van der Waals surface area contributed by atoms with Crippen LogP contribution in [0.5, 0.6) is 0 Å². The van der Waals surface area contributed by atoms with Gasteiger partial charge in [-0.05, 0) is 0 Å². The minimum absolute atomic E-state index is 0.0640. The monoisotopic (exact) mass is 124 g/mol. The molecule has 0 aromatic heterocycles. The van der Waals surface area contributed by atoms with E-state index in [0.29, 0.717) is 0 Å². The van der Waals surface area contributed by atoms with Crippen LogP contribution >= 0.6 is 11.6 Å². The van der Waals surface area contributed by atoms with Crippen molar-refractivity contribution in [2.75, 3.05) is 6.61 Å². The summed E-state index contributed by atoms with van der Waals surface area (Å²) in [6.45, 7) is -0.752. The molecular formula is C3H5ClO3. The van der Waals surface area contributed by atoms with E-state index < -0.39 is 11.7 Å². The summed E-state index contributed by atoms with van der Waals surface area (Å²) in [4.78, 5) is 9.52. The summed E-state index contributed by atoms with van der Waals surface area (Å²) >= 11 is 4.84. The fraction of sp³-hybridized carbons (Fsp3) is 0.667. The standard InChI is InChI=1S/C3H5ClO3/c4-3(7,1-5)2-6/h1,6-7H,2H2. The highest BCUT2D eigenvalue weighted by molar-refractivity contribution is 6.30. The van der Waals surface area contributed by atoms with Crippen molar-refractivity contribution < 1.29 is 15.0 Å². The van der Waals surface area contributed by atoms with Gasteiger partial charge in [0.1, 0.15) is 0 Å². The number of carbonyl (C=O) groups excluding carboxylic acids is 1. The lowest BCUT2D eigenvalue weighted by Gasteiger charge is -2.05. The maximum absolute atomic E-state index is 9.52. The molecule has 0 bridgehead atoms. The summed E-state index contributed by atoms with van der Waals surface area (Å²) in [6.07, 6.45) is 0.0640. The highest BCUT2D eigenvalue weighted by atomic mass is 35.5. The summed E-state index contributed by atoms with van der Waals surface area (Å²) in [6, 6.07) is 0. The number of hydrogen-bond donors (Lipinski definition) is 2. The third-order valence-electron chi connectivity index (χ3n) is 0.402. The Kier molecular flexibility index (Phi) is 2.22. The van der Waals surface area contributed by atoms with Crippen molar-refractivity contribution >= 4 is 17.9 Å². The molecule has 4 heteroatoms. The lowest BCUT2D eigenvalue weighted by molar-refractivity contribution is -0.119. The van der Waals surface area contributed by atoms with E-state index in [2.05, 4.69) is 0 Å². The van der Waals surface area contributed by atoms with Crippen molar-refractivity contribution in [3.63, 3.8) is 0 Å². The zero-order valence-corrected chi connectivity index (χ0v) is 4.22. The molecule has 0 radical (unpaired) electrons. The highest BCUT2D eigenvalue weighted by Gasteiger charge is 2.19. The first-order valence-corrected chi connectivity index (χ1v) is 1.98. The molecule has 2 N–H and O–H groups in total. The van der Waals surface area contributed by atoms with Crippen LogP contribution in [0.25, 0.3) is 0 Å². The summed E-state index contributed by atoms with van der Waals surface area (Å²) in [7, 11) is 0. The molecule has 3 nitrogen and oxygen atoms in total. The molecule has 1 unspecified atom stereocenters. The minimum Gasteiger partial charge on any atom is -0.392 e. The third kappa shape index (κ3) is 2.56. The second-order valence-corrected chi connectivity index (χ2v) is 1.75. The van der Waals surface area contributed by atoms with Gasteiger partial charge in [-0.25, -0.2) is 0 Å². The van der Waals surface area contributed by atoms with Gasteiger partial charge in [0.05, 0.1) is 6.61 Å². The van der Waals surface area contributed by atoms with Crippen LogP contribution in [0, 0.1) is 0 Å². The average molecular weight is 125 g/mol. The summed E-state index contributed by atoms with van der Waals surface area (Å²) in [5, 5.41) is 14.2. The molecule has 0 aliphatic carbocycles. The Labute approximate surface area is 45.5 Å². The molecule has 0 aromatic carbocycles. The highest BCUT2D eigenvalue weighted by Crippen LogP contribution is 2.02. The van der Waals surface area contributed by atoms with E-state index in [1.807, 2.05) is 0 Å². The van der Waals surface area contributed by atoms with Crippen molar-refractivity contribution in [1.29, 1.82) is 0 Å². The number of aldehydes is 1. The summed E-state index contributed by atoms with van der Waals surface area (Å²) < 4.78 is 0. The van der Waals surface area contributed by atoms with E-state index in [1.54, 1.807) is 0 Å². The molecule has 0 saturated heterocycles. The Hall–Kier alpha value is -0.120. The second kappa shape index (κ2) is 2.26. The minimum atomic E-state index is -2.07. The van der Waals surface area contributed by atoms with Crippen LogP contribution in [0.1, 0.15) is 0 Å². The number of halogens is 1. The van der Waals surface area contributed by atoms with E-state index in [1.165, 1.54) is 0 Å². The number of carbonyl (C=O) groups is 1. The summed E-state index contributed by atoms with van der Waals surface area (Å²) in [5.74, 6) is 0. The van der Waals surface area contributed by atoms with Crippen molar-refractivity contribution in [2.45, 2.75) is 5.06 Å². The number of hydrogen-bond acceptors (Lipinski definition) is 3. The van der Waals surface area contributed by atoms with Gasteiger partial charge < -0.3 is 10.2 Å². The Morgan fingerprint density at radius 3 is 2.29 bits per heavy atom. The van der Waals surface area contributed by atoms with Crippen molar-refractivity contribution in [3.05, 3.63) is 0 Å². The first-order valence-electron chi connectivity index (χ1n) is 1.61. The Morgan fingerprint density at radius 2 is 2.29 bits per heavy atom. The van der Waals surface area contributed by atoms with Crippen molar-refractivity contribution in [3.8, 4) is 0 Å². The van der Waals surface area contributed by atoms with Gasteiger partial charge in [0, 0.05) is 0 Å². The zero-order chi connectivity index (χ0) is 5.91. The van der Waals surface area contributed by atoms with Crippen LogP contribution in [0.3, 0.4) is 0 Å². The van der Waals surface area contributed by atoms with Crippen LogP contribution in [0.4, 0.5) is 0 Å². The van der Waals surface area contributed by atoms with Crippen LogP contribution in [-0.2, 0) is 4.79 Å². The van der Waals surface area contributed by atoms with Crippen LogP contribution in [0.2, 0.25) is 0 Å². The number of aliphatic hydroxyl groups is 2. The van der Waals surface area contributed by atoms with E-state index >= 15 is 0 Å². The Bertz CT molecular complexity index is 70.6. The number of alkyl halides is 1. The predicted molar refractivity (Wildman–Crippen MR) is 24.0 cm³/mol. The molecule has 7 heavy (non-hydrogen) atoms. The average Bonchev–Trinajstić information content (AvgIpc) is 1.68. The molecular weight excluding hydrogens is 119 g/mol. The van der Waals surface area contributed by atoms with Gasteiger partial charge in [-0.3, -0.25) is 4.79 Å². The third-order valence-corrected chi connectivity index (χ3v) is 0.611. The molecule has 0 spiro atoms. The fourth-order valence-corrected chi connectivity index (χ4v) is 0.0373. The molecule has 0 fully saturated rings. The molecule has 0 heterocycles. The van der Waals surface area contributed by atoms with E-state index in [-0.39, 0.29) is 6.29 Å². The Morgan fingerprint density at radius 1 is 1.86 bits per heavy atom. The van der Waals surface area contributed by atoms with Gasteiger partial charge in [-0.15, -0.1) is 0 Å². The molecule has 0 aliphatic rings. The molecule has 1 atom stereocenters. The molecule has 0 aliphatic heterocycles. The van der Waals surface area contributed by atoms with Crippen LogP contribution < -0.4 is 0 Å². The molecule has 42 valence electrons. The molecule has 0 rings (SSSR count). The van der Waals surface area contributed by atoms with Gasteiger partial charge in [0.2, 0.25) is 5.06 Å². The topological polar surface area (TPSA) is 57.5 Å². The van der Waals surface area contributed by atoms with Gasteiger partial charge in [-0.1, -0.05) is 11.6 Å². The molecule has 0 saturated carbocycles. The van der Waals surface area contributed by atoms with Gasteiger partial charge in [0.25, 0.3) is 0 Å². The van der Waals surface area contributed by atoms with E-state index in [4.69, 9.17) is 21.8 Å². The van der Waals surface area contributed by atoms with E-state index in [0.717, 1.165) is 0 Å². The normalized spacial score (nSPS) is 18.1. The first kappa shape index (κ1) is 6.88. The number of rotatable bonds is 2. The quantitative estimate of drug-likeness (QED) is 0.371. The fourth-order valence-electron chi connectivity index (χ4n) is 0.0373. The van der Waals surface area contributed by atoms with Gasteiger partial charge >= 0.3 is 0 Å². The maximum Gasteiger partial charge on any atom is 0.217 e. The van der Waals surface area contributed by atoms with E-state index in [9.17, 15) is 4.79 Å². The summed E-state index contributed by atoms with van der Waals surface area (Å²) in [5.41, 5.74) is 0. The smallest absolute Gasteiger partial charge is 0.217 e. The second-order valence-electron chi connectivity index (χ2n) is 1.09. The van der Waals surface area contributed by atoms with Gasteiger partial charge in [-0.2, -0.15) is 0 Å². The largest absolute Gasteiger partial charge is 0.392 e. The lowest BCUT2D eigenvalue weighted by Crippen LogP contribution is -2.26. The van der Waals surface area contributed by atoms with Crippen LogP contribution in [-0.4, -0.2) is 28.2 Å². The first-order chi connectivity index (χ1) is 3.12. The molecule has 0 aromatic rings. The zero-order valence-electron chi connectivity index (χ0n) is 3.47. The maximum atomic E-state index is 9.52.